The van der Waals surface area contributed by atoms with Crippen molar-refractivity contribution >= 4 is 27.3 Å². The van der Waals surface area contributed by atoms with Crippen molar-refractivity contribution < 1.29 is 17.9 Å². The Morgan fingerprint density at radius 3 is 2.24 bits per heavy atom. The first-order valence-electron chi connectivity index (χ1n) is 10.9. The zero-order valence-corrected chi connectivity index (χ0v) is 18.4. The van der Waals surface area contributed by atoms with Crippen LogP contribution in [0.5, 0.6) is 0 Å². The van der Waals surface area contributed by atoms with Gasteiger partial charge in [-0.2, -0.15) is 4.31 Å². The molecule has 6 nitrogen and oxygen atoms in total. The Labute approximate surface area is 177 Å². The molecule has 1 aliphatic heterocycles. The molecule has 2 heterocycles. The summed E-state index contributed by atoms with van der Waals surface area (Å²) in [6.45, 7) is 3.44. The molecule has 0 unspecified atom stereocenters. The molecular formula is C21H30N2O4S2. The van der Waals surface area contributed by atoms with E-state index < -0.39 is 10.0 Å². The third-order valence-electron chi connectivity index (χ3n) is 7.53. The van der Waals surface area contributed by atoms with Crippen LogP contribution in [-0.2, 0) is 19.6 Å². The summed E-state index contributed by atoms with van der Waals surface area (Å²) in [5.74, 6) is 2.27. The van der Waals surface area contributed by atoms with Crippen molar-refractivity contribution in [2.24, 2.45) is 23.2 Å². The van der Waals surface area contributed by atoms with Crippen molar-refractivity contribution in [2.45, 2.75) is 42.7 Å². The average molecular weight is 439 g/mol. The van der Waals surface area contributed by atoms with E-state index in [4.69, 9.17) is 4.74 Å². The molecule has 0 aromatic carbocycles. The maximum Gasteiger partial charge on any atom is 0.312 e. The van der Waals surface area contributed by atoms with E-state index in [0.717, 1.165) is 37.0 Å². The molecule has 1 aromatic rings. The van der Waals surface area contributed by atoms with Gasteiger partial charge in [-0.25, -0.2) is 8.42 Å². The summed E-state index contributed by atoms with van der Waals surface area (Å²) < 4.78 is 33.0. The van der Waals surface area contributed by atoms with Gasteiger partial charge in [0.05, 0.1) is 5.41 Å². The van der Waals surface area contributed by atoms with Gasteiger partial charge in [0.15, 0.2) is 0 Å². The molecule has 160 valence electrons. The van der Waals surface area contributed by atoms with Gasteiger partial charge in [0.25, 0.3) is 10.0 Å². The fourth-order valence-electron chi connectivity index (χ4n) is 6.51. The van der Waals surface area contributed by atoms with Crippen LogP contribution in [0.1, 0.15) is 38.5 Å². The van der Waals surface area contributed by atoms with Crippen LogP contribution in [-0.4, -0.2) is 62.9 Å². The predicted molar refractivity (Wildman–Crippen MR) is 111 cm³/mol. The highest BCUT2D eigenvalue weighted by atomic mass is 32.2. The van der Waals surface area contributed by atoms with E-state index in [1.807, 2.05) is 0 Å². The van der Waals surface area contributed by atoms with Gasteiger partial charge in [0.1, 0.15) is 10.8 Å². The summed E-state index contributed by atoms with van der Waals surface area (Å²) in [7, 11) is -3.36. The van der Waals surface area contributed by atoms with Gasteiger partial charge in [0, 0.05) is 32.7 Å². The molecule has 0 atom stereocenters. The molecule has 29 heavy (non-hydrogen) atoms. The van der Waals surface area contributed by atoms with Crippen LogP contribution in [0.4, 0.5) is 0 Å². The van der Waals surface area contributed by atoms with Crippen molar-refractivity contribution in [1.82, 2.24) is 9.21 Å². The van der Waals surface area contributed by atoms with Gasteiger partial charge in [-0.15, -0.1) is 11.3 Å². The highest BCUT2D eigenvalue weighted by Gasteiger charge is 2.55. The molecule has 0 radical (unpaired) electrons. The monoisotopic (exact) mass is 438 g/mol. The van der Waals surface area contributed by atoms with Crippen molar-refractivity contribution in [1.29, 1.82) is 0 Å². The lowest BCUT2D eigenvalue weighted by atomic mass is 9.49. The van der Waals surface area contributed by atoms with E-state index in [0.29, 0.717) is 43.5 Å². The number of hydrogen-bond acceptors (Lipinski definition) is 6. The summed E-state index contributed by atoms with van der Waals surface area (Å²) in [5.41, 5.74) is -0.192. The zero-order valence-electron chi connectivity index (χ0n) is 16.8. The molecule has 0 spiro atoms. The summed E-state index contributed by atoms with van der Waals surface area (Å²) in [6.07, 6.45) is 7.09. The standard InChI is InChI=1S/C21H30N2O4S2/c24-20(21-13-16-10-17(14-21)12-18(11-16)15-21)27-8-7-22-3-5-23(6-4-22)29(25,26)19-2-1-9-28-19/h1-2,9,16-18H,3-8,10-15H2. The van der Waals surface area contributed by atoms with E-state index in [1.165, 1.54) is 30.6 Å². The smallest absolute Gasteiger partial charge is 0.312 e. The van der Waals surface area contributed by atoms with Crippen LogP contribution >= 0.6 is 11.3 Å². The highest BCUT2D eigenvalue weighted by molar-refractivity contribution is 7.91. The van der Waals surface area contributed by atoms with Gasteiger partial charge in [-0.3, -0.25) is 9.69 Å². The molecule has 4 saturated carbocycles. The van der Waals surface area contributed by atoms with Crippen molar-refractivity contribution in [3.63, 3.8) is 0 Å². The van der Waals surface area contributed by atoms with E-state index in [2.05, 4.69) is 4.90 Å². The van der Waals surface area contributed by atoms with Crippen LogP contribution in [0.25, 0.3) is 0 Å². The van der Waals surface area contributed by atoms with E-state index >= 15 is 0 Å². The Hall–Kier alpha value is -0.960. The molecule has 6 rings (SSSR count). The fourth-order valence-corrected chi connectivity index (χ4v) is 9.08. The minimum Gasteiger partial charge on any atom is -0.464 e. The molecule has 4 bridgehead atoms. The van der Waals surface area contributed by atoms with Crippen LogP contribution in [0.2, 0.25) is 0 Å². The number of ether oxygens (including phenoxy) is 1. The fraction of sp³-hybridized carbons (Fsp3) is 0.762. The topological polar surface area (TPSA) is 66.9 Å². The molecule has 5 fully saturated rings. The predicted octanol–water partition coefficient (Wildman–Crippen LogP) is 2.81. The van der Waals surface area contributed by atoms with Crippen LogP contribution in [0.15, 0.2) is 21.7 Å². The SMILES string of the molecule is O=C(OCCN1CCN(S(=O)(=O)c2cccs2)CC1)C12CC3CC(CC(C3)C1)C2. The highest BCUT2D eigenvalue weighted by Crippen LogP contribution is 2.60. The van der Waals surface area contributed by atoms with Crippen molar-refractivity contribution in [3.05, 3.63) is 17.5 Å². The Morgan fingerprint density at radius 1 is 1.07 bits per heavy atom. The van der Waals surface area contributed by atoms with Gasteiger partial charge < -0.3 is 4.74 Å². The third-order valence-corrected chi connectivity index (χ3v) is 10.8. The second-order valence-electron chi connectivity index (χ2n) is 9.51. The molecule has 1 saturated heterocycles. The number of thiophene rings is 1. The van der Waals surface area contributed by atoms with Gasteiger partial charge >= 0.3 is 5.97 Å². The molecule has 4 aliphatic carbocycles. The minimum absolute atomic E-state index is 0.0375. The molecule has 0 N–H and O–H groups in total. The summed E-state index contributed by atoms with van der Waals surface area (Å²) in [6, 6.07) is 3.43. The maximum atomic E-state index is 12.9. The summed E-state index contributed by atoms with van der Waals surface area (Å²) >= 11 is 1.26. The lowest BCUT2D eigenvalue weighted by Crippen LogP contribution is -2.51. The quantitative estimate of drug-likeness (QED) is 0.639. The molecule has 0 amide bonds. The molecule has 1 aromatic heterocycles. The number of nitrogens with zero attached hydrogens (tertiary/aromatic N) is 2. The van der Waals surface area contributed by atoms with Gasteiger partial charge in [0.2, 0.25) is 0 Å². The average Bonchev–Trinajstić information content (AvgIpc) is 3.23. The van der Waals surface area contributed by atoms with Crippen LogP contribution in [0.3, 0.4) is 0 Å². The number of carbonyl (C=O) groups is 1. The first kappa shape index (κ1) is 20.0. The third kappa shape index (κ3) is 3.77. The summed E-state index contributed by atoms with van der Waals surface area (Å²) in [5, 5.41) is 1.79. The number of hydrogen-bond donors (Lipinski definition) is 0. The molecule has 5 aliphatic rings. The Morgan fingerprint density at radius 2 is 1.69 bits per heavy atom. The Kier molecular flexibility index (Phi) is 5.25. The Balaban J connectivity index is 1.09. The molecular weight excluding hydrogens is 408 g/mol. The second kappa shape index (κ2) is 7.62. The normalized spacial score (nSPS) is 35.1. The number of esters is 1. The number of carbonyl (C=O) groups excluding carboxylic acids is 1. The zero-order chi connectivity index (χ0) is 20.1. The Bertz CT molecular complexity index is 809. The molecule has 8 heteroatoms. The number of piperazine rings is 1. The van der Waals surface area contributed by atoms with Crippen LogP contribution < -0.4 is 0 Å². The van der Waals surface area contributed by atoms with Gasteiger partial charge in [-0.1, -0.05) is 6.07 Å². The second-order valence-corrected chi connectivity index (χ2v) is 12.6. The maximum absolute atomic E-state index is 12.9. The lowest BCUT2D eigenvalue weighted by molar-refractivity contribution is -0.172. The number of rotatable bonds is 6. The minimum atomic E-state index is -3.36. The first-order chi connectivity index (χ1) is 13.9. The van der Waals surface area contributed by atoms with Crippen molar-refractivity contribution in [2.75, 3.05) is 39.3 Å². The van der Waals surface area contributed by atoms with E-state index in [9.17, 15) is 13.2 Å². The van der Waals surface area contributed by atoms with Gasteiger partial charge in [-0.05, 0) is 67.7 Å². The lowest BCUT2D eigenvalue weighted by Gasteiger charge is -2.55. The number of sulfonamides is 1. The van der Waals surface area contributed by atoms with Crippen LogP contribution in [0, 0.1) is 23.2 Å². The van der Waals surface area contributed by atoms with E-state index in [1.54, 1.807) is 21.8 Å². The summed E-state index contributed by atoms with van der Waals surface area (Å²) in [4.78, 5) is 15.1. The van der Waals surface area contributed by atoms with Crippen molar-refractivity contribution in [3.8, 4) is 0 Å². The largest absolute Gasteiger partial charge is 0.464 e. The first-order valence-corrected chi connectivity index (χ1v) is 13.2. The van der Waals surface area contributed by atoms with E-state index in [-0.39, 0.29) is 11.4 Å².